The summed E-state index contributed by atoms with van der Waals surface area (Å²) in [5.74, 6) is 3.07. The predicted octanol–water partition coefficient (Wildman–Crippen LogP) is 5.40. The zero-order chi connectivity index (χ0) is 23.3. The number of carbonyl (C=O) groups excluding carboxylic acids is 1. The molecule has 0 atom stereocenters. The first kappa shape index (κ1) is 21.5. The van der Waals surface area contributed by atoms with Crippen LogP contribution in [0, 0.1) is 23.2 Å². The number of halogens is 1. The van der Waals surface area contributed by atoms with Gasteiger partial charge < -0.3 is 10.4 Å². The maximum Gasteiger partial charge on any atom is 0.318 e. The van der Waals surface area contributed by atoms with Crippen LogP contribution < -0.4 is 5.32 Å². The van der Waals surface area contributed by atoms with Gasteiger partial charge in [0.15, 0.2) is 11.6 Å². The molecule has 0 spiro atoms. The zero-order valence-corrected chi connectivity index (χ0v) is 19.6. The minimum Gasteiger partial charge on any atom is -0.479 e. The normalized spacial score (nSPS) is 27.0. The summed E-state index contributed by atoms with van der Waals surface area (Å²) in [6.07, 6.45) is 7.08. The third-order valence-electron chi connectivity index (χ3n) is 7.90. The Labute approximate surface area is 203 Å². The van der Waals surface area contributed by atoms with E-state index in [9.17, 15) is 9.90 Å². The molecule has 4 saturated carbocycles. The second kappa shape index (κ2) is 8.35. The number of rotatable bonds is 5. The van der Waals surface area contributed by atoms with E-state index in [2.05, 4.69) is 20.3 Å². The van der Waals surface area contributed by atoms with Crippen molar-refractivity contribution in [1.29, 1.82) is 0 Å². The summed E-state index contributed by atoms with van der Waals surface area (Å²) in [5.41, 5.74) is 2.11. The van der Waals surface area contributed by atoms with Crippen molar-refractivity contribution in [2.75, 3.05) is 0 Å². The van der Waals surface area contributed by atoms with Crippen LogP contribution in [0.25, 0.3) is 22.8 Å². The molecule has 1 amide bonds. The van der Waals surface area contributed by atoms with Gasteiger partial charge in [-0.25, -0.2) is 4.98 Å². The van der Waals surface area contributed by atoms with Gasteiger partial charge in [-0.2, -0.15) is 9.97 Å². The highest BCUT2D eigenvalue weighted by Crippen LogP contribution is 2.60. The van der Waals surface area contributed by atoms with Gasteiger partial charge in [0, 0.05) is 23.1 Å². The second-order valence-electron chi connectivity index (χ2n) is 10.3. The minimum atomic E-state index is -0.361. The molecule has 0 radical (unpaired) electrons. The lowest BCUT2D eigenvalue weighted by atomic mass is 9.49. The van der Waals surface area contributed by atoms with Crippen LogP contribution in [-0.2, 0) is 11.3 Å². The molecule has 2 aromatic carbocycles. The zero-order valence-electron chi connectivity index (χ0n) is 18.9. The lowest BCUT2D eigenvalue weighted by Crippen LogP contribution is -2.53. The molecular weight excluding hydrogens is 448 g/mol. The Balaban J connectivity index is 1.23. The minimum absolute atomic E-state index is 0.172. The molecule has 0 unspecified atom stereocenters. The molecule has 6 nitrogen and oxygen atoms in total. The SMILES string of the molecule is O=C(NCc1ccc(Cl)c(-c2nc(O)nc(-c3ccccc3)n2)c1)C12CC3CC(CC(C3)C1)C2. The highest BCUT2D eigenvalue weighted by atomic mass is 35.5. The average molecular weight is 475 g/mol. The summed E-state index contributed by atoms with van der Waals surface area (Å²) in [4.78, 5) is 26.1. The van der Waals surface area contributed by atoms with E-state index < -0.39 is 0 Å². The van der Waals surface area contributed by atoms with Crippen molar-refractivity contribution in [3.63, 3.8) is 0 Å². The number of nitrogens with one attached hydrogen (secondary N) is 1. The van der Waals surface area contributed by atoms with Gasteiger partial charge in [0.1, 0.15) is 0 Å². The van der Waals surface area contributed by atoms with Crippen molar-refractivity contribution >= 4 is 17.5 Å². The highest BCUT2D eigenvalue weighted by molar-refractivity contribution is 6.33. The van der Waals surface area contributed by atoms with Crippen molar-refractivity contribution in [1.82, 2.24) is 20.3 Å². The first-order valence-electron chi connectivity index (χ1n) is 12.0. The Morgan fingerprint density at radius 3 is 2.26 bits per heavy atom. The van der Waals surface area contributed by atoms with E-state index in [4.69, 9.17) is 11.6 Å². The van der Waals surface area contributed by atoms with Gasteiger partial charge in [0.25, 0.3) is 0 Å². The lowest BCUT2D eigenvalue weighted by molar-refractivity contribution is -0.146. The van der Waals surface area contributed by atoms with Crippen molar-refractivity contribution in [3.05, 3.63) is 59.1 Å². The molecule has 4 bridgehead atoms. The van der Waals surface area contributed by atoms with Gasteiger partial charge in [0.2, 0.25) is 5.91 Å². The molecule has 1 heterocycles. The van der Waals surface area contributed by atoms with Crippen LogP contribution in [0.15, 0.2) is 48.5 Å². The van der Waals surface area contributed by atoms with Gasteiger partial charge in [0.05, 0.1) is 5.02 Å². The maximum atomic E-state index is 13.3. The summed E-state index contributed by atoms with van der Waals surface area (Å²) < 4.78 is 0. The Morgan fingerprint density at radius 1 is 0.941 bits per heavy atom. The number of benzene rings is 2. The predicted molar refractivity (Wildman–Crippen MR) is 130 cm³/mol. The van der Waals surface area contributed by atoms with Crippen molar-refractivity contribution in [3.8, 4) is 28.8 Å². The van der Waals surface area contributed by atoms with E-state index in [0.29, 0.717) is 28.8 Å². The summed E-state index contributed by atoms with van der Waals surface area (Å²) >= 11 is 6.49. The number of hydrogen-bond donors (Lipinski definition) is 2. The van der Waals surface area contributed by atoms with Crippen LogP contribution in [0.1, 0.15) is 44.1 Å². The quantitative estimate of drug-likeness (QED) is 0.517. The van der Waals surface area contributed by atoms with Gasteiger partial charge in [-0.15, -0.1) is 0 Å². The van der Waals surface area contributed by atoms with E-state index in [1.807, 2.05) is 42.5 Å². The number of aromatic nitrogens is 3. The summed E-state index contributed by atoms with van der Waals surface area (Å²) in [7, 11) is 0. The number of amides is 1. The van der Waals surface area contributed by atoms with Crippen molar-refractivity contribution in [2.45, 2.75) is 45.1 Å². The maximum absolute atomic E-state index is 13.3. The molecule has 3 aromatic rings. The van der Waals surface area contributed by atoms with E-state index in [1.165, 1.54) is 19.3 Å². The van der Waals surface area contributed by atoms with E-state index in [-0.39, 0.29) is 17.3 Å². The Kier molecular flexibility index (Phi) is 5.29. The van der Waals surface area contributed by atoms with Gasteiger partial charge in [-0.1, -0.05) is 48.0 Å². The Morgan fingerprint density at radius 2 is 1.59 bits per heavy atom. The summed E-state index contributed by atoms with van der Waals surface area (Å²) in [6.45, 7) is 0.424. The van der Waals surface area contributed by atoms with Crippen LogP contribution in [0.5, 0.6) is 6.01 Å². The highest BCUT2D eigenvalue weighted by Gasteiger charge is 2.54. The average Bonchev–Trinajstić information content (AvgIpc) is 2.82. The molecular formula is C27H27ClN4O2. The number of carbonyl (C=O) groups is 1. The molecule has 4 fully saturated rings. The summed E-state index contributed by atoms with van der Waals surface area (Å²) in [6, 6.07) is 14.6. The Hall–Kier alpha value is -2.99. The molecule has 7 heteroatoms. The van der Waals surface area contributed by atoms with E-state index >= 15 is 0 Å². The topological polar surface area (TPSA) is 88.0 Å². The Bertz CT molecular complexity index is 1210. The smallest absolute Gasteiger partial charge is 0.318 e. The van der Waals surface area contributed by atoms with E-state index in [1.54, 1.807) is 6.07 Å². The van der Waals surface area contributed by atoms with Crippen LogP contribution in [-0.4, -0.2) is 26.0 Å². The molecule has 0 aliphatic heterocycles. The molecule has 0 saturated heterocycles. The first-order chi connectivity index (χ1) is 16.5. The lowest BCUT2D eigenvalue weighted by Gasteiger charge is -2.55. The summed E-state index contributed by atoms with van der Waals surface area (Å²) in [5, 5.41) is 13.8. The third-order valence-corrected chi connectivity index (χ3v) is 8.23. The first-order valence-corrected chi connectivity index (χ1v) is 12.4. The van der Waals surface area contributed by atoms with Gasteiger partial charge in [-0.05, 0) is 74.0 Å². The number of nitrogens with zero attached hydrogens (tertiary/aromatic N) is 3. The fourth-order valence-electron chi connectivity index (χ4n) is 6.81. The molecule has 7 rings (SSSR count). The molecule has 2 N–H and O–H groups in total. The van der Waals surface area contributed by atoms with Crippen LogP contribution >= 0.6 is 11.6 Å². The van der Waals surface area contributed by atoms with Crippen LogP contribution in [0.2, 0.25) is 5.02 Å². The van der Waals surface area contributed by atoms with Gasteiger partial charge in [-0.3, -0.25) is 4.79 Å². The number of aromatic hydroxyl groups is 1. The van der Waals surface area contributed by atoms with Crippen molar-refractivity contribution in [2.24, 2.45) is 23.2 Å². The standard InChI is InChI=1S/C27H27ClN4O2/c28-22-7-6-16(15-29-25(33)27-12-17-8-18(13-27)10-19(9-17)14-27)11-21(22)24-30-23(31-26(34)32-24)20-4-2-1-3-5-20/h1-7,11,17-19H,8-10,12-15H2,(H,29,33)(H,30,31,32,34). The third kappa shape index (κ3) is 3.94. The van der Waals surface area contributed by atoms with Crippen LogP contribution in [0.4, 0.5) is 0 Å². The largest absolute Gasteiger partial charge is 0.479 e. The molecule has 4 aliphatic rings. The fraction of sp³-hybridized carbons (Fsp3) is 0.407. The van der Waals surface area contributed by atoms with Gasteiger partial charge >= 0.3 is 6.01 Å². The molecule has 1 aromatic heterocycles. The van der Waals surface area contributed by atoms with Crippen LogP contribution in [0.3, 0.4) is 0 Å². The van der Waals surface area contributed by atoms with Crippen molar-refractivity contribution < 1.29 is 9.90 Å². The van der Waals surface area contributed by atoms with E-state index in [0.717, 1.165) is 48.1 Å². The number of hydrogen-bond acceptors (Lipinski definition) is 5. The molecule has 34 heavy (non-hydrogen) atoms. The second-order valence-corrected chi connectivity index (χ2v) is 10.8. The molecule has 174 valence electrons. The molecule has 4 aliphatic carbocycles. The monoisotopic (exact) mass is 474 g/mol. The fourth-order valence-corrected chi connectivity index (χ4v) is 7.02.